The lowest BCUT2D eigenvalue weighted by Gasteiger charge is -2.33. The molecular weight excluding hydrogens is 334 g/mol. The number of nitrogens with zero attached hydrogens (tertiary/aromatic N) is 3. The Balaban J connectivity index is 1.42. The molecule has 0 spiro atoms. The van der Waals surface area contributed by atoms with E-state index in [1.807, 2.05) is 0 Å². The van der Waals surface area contributed by atoms with Crippen molar-refractivity contribution in [2.24, 2.45) is 11.8 Å². The number of hydrogen-bond donors (Lipinski definition) is 0. The summed E-state index contributed by atoms with van der Waals surface area (Å²) < 4.78 is 0. The molecule has 150 valence electrons. The van der Waals surface area contributed by atoms with E-state index in [9.17, 15) is 4.79 Å². The topological polar surface area (TPSA) is 26.8 Å². The molecule has 2 saturated heterocycles. The Kier molecular flexibility index (Phi) is 7.31. The summed E-state index contributed by atoms with van der Waals surface area (Å²) in [6, 6.07) is 9.27. The zero-order chi connectivity index (χ0) is 19.2. The smallest absolute Gasteiger partial charge is 0.222 e. The zero-order valence-electron chi connectivity index (χ0n) is 17.5. The van der Waals surface area contributed by atoms with Gasteiger partial charge in [0.25, 0.3) is 0 Å². The van der Waals surface area contributed by atoms with Crippen molar-refractivity contribution in [2.45, 2.75) is 46.1 Å². The highest BCUT2D eigenvalue weighted by Gasteiger charge is 2.23. The van der Waals surface area contributed by atoms with E-state index in [0.29, 0.717) is 18.2 Å². The quantitative estimate of drug-likeness (QED) is 0.768. The molecule has 4 nitrogen and oxygen atoms in total. The van der Waals surface area contributed by atoms with Gasteiger partial charge in [-0.25, -0.2) is 0 Å². The minimum absolute atomic E-state index is 0.344. The lowest BCUT2D eigenvalue weighted by Crippen LogP contribution is -2.43. The fourth-order valence-corrected chi connectivity index (χ4v) is 4.24. The standard InChI is InChI=1S/C23H37N3O/c1-19(2)16-23(27)26-10-8-21(9-11-26)17-20-4-6-22(7-5-20)18-25-14-12-24(3)13-15-25/h4-7,19,21H,8-18H2,1-3H3. The number of rotatable bonds is 6. The van der Waals surface area contributed by atoms with Crippen LogP contribution in [0.4, 0.5) is 0 Å². The first-order valence-electron chi connectivity index (χ1n) is 10.8. The first-order valence-corrected chi connectivity index (χ1v) is 10.8. The van der Waals surface area contributed by atoms with Gasteiger partial charge in [-0.1, -0.05) is 38.1 Å². The molecule has 27 heavy (non-hydrogen) atoms. The van der Waals surface area contributed by atoms with Crippen LogP contribution in [0.2, 0.25) is 0 Å². The van der Waals surface area contributed by atoms with Gasteiger partial charge in [0.2, 0.25) is 5.91 Å². The van der Waals surface area contributed by atoms with E-state index < -0.39 is 0 Å². The number of likely N-dealkylation sites (N-methyl/N-ethyl adjacent to an activating group) is 1. The van der Waals surface area contributed by atoms with Gasteiger partial charge in [0.15, 0.2) is 0 Å². The fraction of sp³-hybridized carbons (Fsp3) is 0.696. The molecule has 3 rings (SSSR count). The average molecular weight is 372 g/mol. The van der Waals surface area contributed by atoms with E-state index in [2.05, 4.69) is 59.9 Å². The molecule has 2 aliphatic heterocycles. The molecule has 0 aromatic heterocycles. The Morgan fingerprint density at radius 1 is 0.963 bits per heavy atom. The largest absolute Gasteiger partial charge is 0.343 e. The van der Waals surface area contributed by atoms with Crippen molar-refractivity contribution in [3.8, 4) is 0 Å². The SMILES string of the molecule is CC(C)CC(=O)N1CCC(Cc2ccc(CN3CCN(C)CC3)cc2)CC1. The predicted octanol–water partition coefficient (Wildman–Crippen LogP) is 3.26. The average Bonchev–Trinajstić information content (AvgIpc) is 2.65. The highest BCUT2D eigenvalue weighted by atomic mass is 16.2. The lowest BCUT2D eigenvalue weighted by atomic mass is 9.89. The van der Waals surface area contributed by atoms with Crippen LogP contribution in [0.5, 0.6) is 0 Å². The number of piperazine rings is 1. The van der Waals surface area contributed by atoms with Gasteiger partial charge in [0.05, 0.1) is 0 Å². The minimum atomic E-state index is 0.344. The summed E-state index contributed by atoms with van der Waals surface area (Å²) in [6.07, 6.45) is 4.14. The molecule has 2 heterocycles. The molecule has 1 aromatic carbocycles. The molecule has 1 aromatic rings. The van der Waals surface area contributed by atoms with Crippen LogP contribution in [0.1, 0.15) is 44.2 Å². The van der Waals surface area contributed by atoms with Crippen molar-refractivity contribution >= 4 is 5.91 Å². The maximum atomic E-state index is 12.2. The highest BCUT2D eigenvalue weighted by Crippen LogP contribution is 2.23. The van der Waals surface area contributed by atoms with Gasteiger partial charge < -0.3 is 9.80 Å². The van der Waals surface area contributed by atoms with E-state index in [1.165, 1.54) is 37.3 Å². The first kappa shape index (κ1) is 20.3. The molecule has 0 atom stereocenters. The molecule has 0 N–H and O–H groups in total. The first-order chi connectivity index (χ1) is 13.0. The lowest BCUT2D eigenvalue weighted by molar-refractivity contribution is -0.133. The van der Waals surface area contributed by atoms with Crippen LogP contribution in [-0.4, -0.2) is 66.9 Å². The third-order valence-electron chi connectivity index (χ3n) is 6.10. The monoisotopic (exact) mass is 371 g/mol. The summed E-state index contributed by atoms with van der Waals surface area (Å²) in [7, 11) is 2.21. The molecule has 0 aliphatic carbocycles. The predicted molar refractivity (Wildman–Crippen MR) is 112 cm³/mol. The van der Waals surface area contributed by atoms with Crippen molar-refractivity contribution < 1.29 is 4.79 Å². The summed E-state index contributed by atoms with van der Waals surface area (Å²) in [6.45, 7) is 11.9. The molecule has 0 bridgehead atoms. The third kappa shape index (κ3) is 6.32. The maximum Gasteiger partial charge on any atom is 0.222 e. The van der Waals surface area contributed by atoms with Crippen LogP contribution in [0.3, 0.4) is 0 Å². The molecule has 0 unspecified atom stereocenters. The van der Waals surface area contributed by atoms with Crippen molar-refractivity contribution in [2.75, 3.05) is 46.3 Å². The molecular formula is C23H37N3O. The Hall–Kier alpha value is -1.39. The number of likely N-dealkylation sites (tertiary alicyclic amines) is 1. The second-order valence-corrected chi connectivity index (χ2v) is 9.02. The number of hydrogen-bond acceptors (Lipinski definition) is 3. The van der Waals surface area contributed by atoms with E-state index >= 15 is 0 Å². The molecule has 2 aliphatic rings. The molecule has 2 fully saturated rings. The Labute approximate surface area is 165 Å². The minimum Gasteiger partial charge on any atom is -0.343 e. The van der Waals surface area contributed by atoms with Gasteiger partial charge in [-0.15, -0.1) is 0 Å². The Morgan fingerprint density at radius 3 is 2.15 bits per heavy atom. The summed E-state index contributed by atoms with van der Waals surface area (Å²) >= 11 is 0. The third-order valence-corrected chi connectivity index (χ3v) is 6.10. The van der Waals surface area contributed by atoms with Crippen molar-refractivity contribution in [1.82, 2.24) is 14.7 Å². The van der Waals surface area contributed by atoms with Crippen molar-refractivity contribution in [3.63, 3.8) is 0 Å². The summed E-state index contributed by atoms with van der Waals surface area (Å²) in [5, 5.41) is 0. The van der Waals surface area contributed by atoms with Gasteiger partial charge in [0, 0.05) is 52.2 Å². The van der Waals surface area contributed by atoms with Crippen LogP contribution < -0.4 is 0 Å². The number of amides is 1. The number of piperidine rings is 1. The summed E-state index contributed by atoms with van der Waals surface area (Å²) in [5.41, 5.74) is 2.88. The summed E-state index contributed by atoms with van der Waals surface area (Å²) in [4.78, 5) is 19.2. The van der Waals surface area contributed by atoms with E-state index in [0.717, 1.165) is 44.8 Å². The fourth-order valence-electron chi connectivity index (χ4n) is 4.24. The van der Waals surface area contributed by atoms with Crippen LogP contribution >= 0.6 is 0 Å². The normalized spacial score (nSPS) is 20.4. The van der Waals surface area contributed by atoms with E-state index in [4.69, 9.17) is 0 Å². The van der Waals surface area contributed by atoms with Crippen LogP contribution in [-0.2, 0) is 17.8 Å². The number of carbonyl (C=O) groups is 1. The second-order valence-electron chi connectivity index (χ2n) is 9.02. The summed E-state index contributed by atoms with van der Waals surface area (Å²) in [5.74, 6) is 1.52. The molecule has 0 saturated carbocycles. The molecule has 0 radical (unpaired) electrons. The van der Waals surface area contributed by atoms with Crippen LogP contribution in [0.25, 0.3) is 0 Å². The van der Waals surface area contributed by atoms with Gasteiger partial charge in [-0.05, 0) is 49.3 Å². The van der Waals surface area contributed by atoms with E-state index in [1.54, 1.807) is 0 Å². The van der Waals surface area contributed by atoms with Gasteiger partial charge in [0.1, 0.15) is 0 Å². The Bertz CT molecular complexity index is 582. The maximum absolute atomic E-state index is 12.2. The number of carbonyl (C=O) groups excluding carboxylic acids is 1. The van der Waals surface area contributed by atoms with Gasteiger partial charge in [-0.3, -0.25) is 9.69 Å². The Morgan fingerprint density at radius 2 is 1.56 bits per heavy atom. The van der Waals surface area contributed by atoms with Gasteiger partial charge >= 0.3 is 0 Å². The number of benzene rings is 1. The van der Waals surface area contributed by atoms with Crippen molar-refractivity contribution in [1.29, 1.82) is 0 Å². The zero-order valence-corrected chi connectivity index (χ0v) is 17.5. The van der Waals surface area contributed by atoms with Crippen LogP contribution in [0.15, 0.2) is 24.3 Å². The van der Waals surface area contributed by atoms with Crippen molar-refractivity contribution in [3.05, 3.63) is 35.4 Å². The second kappa shape index (κ2) is 9.70. The highest BCUT2D eigenvalue weighted by molar-refractivity contribution is 5.76. The van der Waals surface area contributed by atoms with Gasteiger partial charge in [-0.2, -0.15) is 0 Å². The molecule has 4 heteroatoms. The molecule has 1 amide bonds. The van der Waals surface area contributed by atoms with Crippen LogP contribution in [0, 0.1) is 11.8 Å². The van der Waals surface area contributed by atoms with E-state index in [-0.39, 0.29) is 0 Å².